The van der Waals surface area contributed by atoms with Gasteiger partial charge in [0, 0.05) is 19.1 Å². The molecular weight excluding hydrogens is 368 g/mol. The zero-order valence-electron chi connectivity index (χ0n) is 15.0. The maximum absolute atomic E-state index is 5.65. The molecule has 0 bridgehead atoms. The van der Waals surface area contributed by atoms with Crippen LogP contribution in [0.2, 0.25) is 0 Å². The molecule has 0 spiro atoms. The van der Waals surface area contributed by atoms with E-state index in [1.54, 1.807) is 7.11 Å². The van der Waals surface area contributed by atoms with Gasteiger partial charge in [0.05, 0.1) is 18.2 Å². The number of halogens is 1. The molecule has 4 nitrogen and oxygen atoms in total. The Hall–Kier alpha value is -1.04. The van der Waals surface area contributed by atoms with Gasteiger partial charge in [0.2, 0.25) is 0 Å². The molecule has 2 rings (SSSR count). The second kappa shape index (κ2) is 9.44. The lowest BCUT2D eigenvalue weighted by atomic mass is 10.0. The molecule has 1 fully saturated rings. The predicted octanol–water partition coefficient (Wildman–Crippen LogP) is 3.99. The van der Waals surface area contributed by atoms with Crippen molar-refractivity contribution in [1.29, 1.82) is 0 Å². The van der Waals surface area contributed by atoms with E-state index in [0.29, 0.717) is 12.6 Å². The molecule has 1 heterocycles. The van der Waals surface area contributed by atoms with E-state index in [4.69, 9.17) is 9.47 Å². The van der Waals surface area contributed by atoms with Gasteiger partial charge in [-0.25, -0.2) is 0 Å². The van der Waals surface area contributed by atoms with Gasteiger partial charge in [-0.05, 0) is 73.4 Å². The number of hydrogen-bond acceptors (Lipinski definition) is 4. The normalized spacial score (nSPS) is 16.2. The smallest absolute Gasteiger partial charge is 0.175 e. The Bertz CT molecular complexity index is 555. The monoisotopic (exact) mass is 396 g/mol. The zero-order chi connectivity index (χ0) is 17.5. The number of rotatable bonds is 8. The predicted molar refractivity (Wildman–Crippen MR) is 103 cm³/mol. The quantitative estimate of drug-likeness (QED) is 0.673. The van der Waals surface area contributed by atoms with Gasteiger partial charge in [-0.15, -0.1) is 0 Å². The molecular formula is C19H29BrN2O2. The summed E-state index contributed by atoms with van der Waals surface area (Å²) in [6.45, 7) is 12.8. The standard InChI is InChI=1S/C19H29BrN2O2/c1-5-24-19-17(20)10-15(11-18(19)23-4)12-21-16-6-8-22(9-7-16)13-14(2)3/h10-11,16,21H,2,5-9,12-13H2,1,3-4H3. The highest BCUT2D eigenvalue weighted by Crippen LogP contribution is 2.36. The second-order valence-corrected chi connectivity index (χ2v) is 7.28. The zero-order valence-corrected chi connectivity index (χ0v) is 16.6. The Kier molecular flexibility index (Phi) is 7.59. The van der Waals surface area contributed by atoms with Crippen molar-refractivity contribution < 1.29 is 9.47 Å². The first-order valence-corrected chi connectivity index (χ1v) is 9.42. The van der Waals surface area contributed by atoms with Crippen LogP contribution < -0.4 is 14.8 Å². The van der Waals surface area contributed by atoms with Crippen LogP contribution in [0.5, 0.6) is 11.5 Å². The number of hydrogen-bond donors (Lipinski definition) is 1. The third-order valence-electron chi connectivity index (χ3n) is 4.25. The molecule has 1 aliphatic heterocycles. The summed E-state index contributed by atoms with van der Waals surface area (Å²) in [5.41, 5.74) is 2.44. The fourth-order valence-electron chi connectivity index (χ4n) is 3.10. The number of piperidine rings is 1. The van der Waals surface area contributed by atoms with E-state index in [1.807, 2.05) is 6.92 Å². The van der Waals surface area contributed by atoms with Crippen molar-refractivity contribution in [2.24, 2.45) is 0 Å². The fraction of sp³-hybridized carbons (Fsp3) is 0.579. The lowest BCUT2D eigenvalue weighted by molar-refractivity contribution is 0.211. The highest BCUT2D eigenvalue weighted by atomic mass is 79.9. The summed E-state index contributed by atoms with van der Waals surface area (Å²) in [7, 11) is 1.68. The van der Waals surface area contributed by atoms with Crippen LogP contribution in [-0.2, 0) is 6.54 Å². The van der Waals surface area contributed by atoms with Crippen molar-refractivity contribution in [3.05, 3.63) is 34.3 Å². The Labute approximate surface area is 154 Å². The van der Waals surface area contributed by atoms with Gasteiger partial charge in [0.15, 0.2) is 11.5 Å². The van der Waals surface area contributed by atoms with Gasteiger partial charge in [-0.3, -0.25) is 4.90 Å². The first kappa shape index (κ1) is 19.3. The number of nitrogens with one attached hydrogen (secondary N) is 1. The average molecular weight is 397 g/mol. The minimum atomic E-state index is 0.572. The van der Waals surface area contributed by atoms with Crippen molar-refractivity contribution in [3.63, 3.8) is 0 Å². The van der Waals surface area contributed by atoms with E-state index in [-0.39, 0.29) is 0 Å². The summed E-state index contributed by atoms with van der Waals surface area (Å²) in [6, 6.07) is 4.73. The van der Waals surface area contributed by atoms with E-state index in [1.165, 1.54) is 24.0 Å². The summed E-state index contributed by atoms with van der Waals surface area (Å²) >= 11 is 3.59. The molecule has 0 aliphatic carbocycles. The SMILES string of the molecule is C=C(C)CN1CCC(NCc2cc(Br)c(OCC)c(OC)c2)CC1. The molecule has 1 aliphatic rings. The van der Waals surface area contributed by atoms with E-state index in [9.17, 15) is 0 Å². The molecule has 0 unspecified atom stereocenters. The number of ether oxygens (including phenoxy) is 2. The third-order valence-corrected chi connectivity index (χ3v) is 4.84. The highest BCUT2D eigenvalue weighted by molar-refractivity contribution is 9.10. The van der Waals surface area contributed by atoms with Crippen LogP contribution >= 0.6 is 15.9 Å². The van der Waals surface area contributed by atoms with Crippen LogP contribution in [0.25, 0.3) is 0 Å². The summed E-state index contributed by atoms with van der Waals surface area (Å²) in [5, 5.41) is 3.68. The van der Waals surface area contributed by atoms with Gasteiger partial charge < -0.3 is 14.8 Å². The number of methoxy groups -OCH3 is 1. The van der Waals surface area contributed by atoms with E-state index >= 15 is 0 Å². The average Bonchev–Trinajstić information content (AvgIpc) is 2.55. The molecule has 24 heavy (non-hydrogen) atoms. The van der Waals surface area contributed by atoms with Gasteiger partial charge in [0.1, 0.15) is 0 Å². The van der Waals surface area contributed by atoms with Crippen LogP contribution in [0, 0.1) is 0 Å². The Morgan fingerprint density at radius 2 is 2.08 bits per heavy atom. The maximum Gasteiger partial charge on any atom is 0.175 e. The van der Waals surface area contributed by atoms with Crippen LogP contribution in [0.4, 0.5) is 0 Å². The van der Waals surface area contributed by atoms with Crippen molar-refractivity contribution >= 4 is 15.9 Å². The molecule has 0 radical (unpaired) electrons. The lowest BCUT2D eigenvalue weighted by Gasteiger charge is -2.32. The molecule has 0 aromatic heterocycles. The Morgan fingerprint density at radius 3 is 2.67 bits per heavy atom. The van der Waals surface area contributed by atoms with Gasteiger partial charge in [-0.1, -0.05) is 12.2 Å². The van der Waals surface area contributed by atoms with Crippen molar-refractivity contribution in [2.75, 3.05) is 33.4 Å². The fourth-order valence-corrected chi connectivity index (χ4v) is 3.70. The number of nitrogens with zero attached hydrogens (tertiary/aromatic N) is 1. The van der Waals surface area contributed by atoms with Crippen LogP contribution in [-0.4, -0.2) is 44.3 Å². The minimum absolute atomic E-state index is 0.572. The third kappa shape index (κ3) is 5.50. The van der Waals surface area contributed by atoms with Gasteiger partial charge >= 0.3 is 0 Å². The summed E-state index contributed by atoms with van der Waals surface area (Å²) in [4.78, 5) is 2.48. The summed E-state index contributed by atoms with van der Waals surface area (Å²) in [6.07, 6.45) is 2.37. The van der Waals surface area contributed by atoms with Crippen molar-refractivity contribution in [1.82, 2.24) is 10.2 Å². The second-order valence-electron chi connectivity index (χ2n) is 6.43. The highest BCUT2D eigenvalue weighted by Gasteiger charge is 2.19. The lowest BCUT2D eigenvalue weighted by Crippen LogP contribution is -2.42. The van der Waals surface area contributed by atoms with Gasteiger partial charge in [-0.2, -0.15) is 0 Å². The van der Waals surface area contributed by atoms with Crippen molar-refractivity contribution in [2.45, 2.75) is 39.3 Å². The number of likely N-dealkylation sites (tertiary alicyclic amines) is 1. The van der Waals surface area contributed by atoms with Crippen LogP contribution in [0.1, 0.15) is 32.3 Å². The molecule has 1 aromatic carbocycles. The van der Waals surface area contributed by atoms with E-state index in [2.05, 4.69) is 51.8 Å². The molecule has 0 atom stereocenters. The molecule has 1 saturated heterocycles. The first-order valence-electron chi connectivity index (χ1n) is 8.62. The topological polar surface area (TPSA) is 33.7 Å². The molecule has 134 valence electrons. The minimum Gasteiger partial charge on any atom is -0.493 e. The summed E-state index contributed by atoms with van der Waals surface area (Å²) < 4.78 is 12.1. The molecule has 1 N–H and O–H groups in total. The Morgan fingerprint density at radius 1 is 1.38 bits per heavy atom. The van der Waals surface area contributed by atoms with Crippen LogP contribution in [0.15, 0.2) is 28.8 Å². The van der Waals surface area contributed by atoms with Gasteiger partial charge in [0.25, 0.3) is 0 Å². The maximum atomic E-state index is 5.65. The molecule has 5 heteroatoms. The van der Waals surface area contributed by atoms with E-state index < -0.39 is 0 Å². The van der Waals surface area contributed by atoms with Crippen molar-refractivity contribution in [3.8, 4) is 11.5 Å². The molecule has 1 aromatic rings. The largest absolute Gasteiger partial charge is 0.493 e. The van der Waals surface area contributed by atoms with Crippen LogP contribution in [0.3, 0.4) is 0 Å². The molecule has 0 amide bonds. The molecule has 0 saturated carbocycles. The van der Waals surface area contributed by atoms with E-state index in [0.717, 1.165) is 42.2 Å². The number of benzene rings is 1. The Balaban J connectivity index is 1.89. The summed E-state index contributed by atoms with van der Waals surface area (Å²) in [5.74, 6) is 1.55. The first-order chi connectivity index (χ1) is 11.5.